The van der Waals surface area contributed by atoms with E-state index in [1.807, 2.05) is 0 Å². The molecular weight excluding hydrogens is 546 g/mol. The second kappa shape index (κ2) is 10.4. The fraction of sp³-hybridized carbons (Fsp3) is 0.259. The maximum Gasteiger partial charge on any atom is 0.511 e. The van der Waals surface area contributed by atoms with Crippen LogP contribution in [0.4, 0.5) is 28.0 Å². The summed E-state index contributed by atoms with van der Waals surface area (Å²) in [6.07, 6.45) is -6.84. The van der Waals surface area contributed by atoms with Gasteiger partial charge in [0.05, 0.1) is 5.69 Å². The maximum atomic E-state index is 14.6. The van der Waals surface area contributed by atoms with Crippen molar-refractivity contribution in [3.63, 3.8) is 0 Å². The molecule has 0 spiro atoms. The molecule has 4 rings (SSSR count). The highest BCUT2D eigenvalue weighted by atomic mass is 35.5. The molecule has 0 radical (unpaired) electrons. The number of ether oxygens (including phenoxy) is 2. The van der Waals surface area contributed by atoms with Crippen LogP contribution in [0.5, 0.6) is 11.5 Å². The fourth-order valence-electron chi connectivity index (χ4n) is 4.59. The van der Waals surface area contributed by atoms with Gasteiger partial charge in [-0.3, -0.25) is 4.79 Å². The van der Waals surface area contributed by atoms with E-state index in [1.54, 1.807) is 6.92 Å². The van der Waals surface area contributed by atoms with Gasteiger partial charge in [-0.1, -0.05) is 42.8 Å². The SMILES string of the molecule is CCN1C(=O)COc2ccc(C(O)(C(C)c3ccc(-c4ccc(OC(=O)O)c(F)c4)cc3Cl)C(F)(F)F)cc21. The summed E-state index contributed by atoms with van der Waals surface area (Å²) in [6, 6.07) is 10.9. The number of likely N-dealkylation sites (N-methyl/N-ethyl adjacent to an activating group) is 1. The predicted molar refractivity (Wildman–Crippen MR) is 134 cm³/mol. The molecule has 0 saturated heterocycles. The molecule has 0 aliphatic carbocycles. The minimum Gasteiger partial charge on any atom is -0.482 e. The number of rotatable bonds is 6. The van der Waals surface area contributed by atoms with Crippen molar-refractivity contribution < 1.29 is 46.8 Å². The Labute approximate surface area is 225 Å². The van der Waals surface area contributed by atoms with Crippen LogP contribution in [-0.2, 0) is 10.4 Å². The second-order valence-corrected chi connectivity index (χ2v) is 9.25. The van der Waals surface area contributed by atoms with E-state index in [4.69, 9.17) is 21.4 Å². The largest absolute Gasteiger partial charge is 0.511 e. The number of benzene rings is 3. The molecule has 206 valence electrons. The Morgan fingerprint density at radius 3 is 2.38 bits per heavy atom. The summed E-state index contributed by atoms with van der Waals surface area (Å²) in [5.41, 5.74) is -3.25. The van der Waals surface area contributed by atoms with Crippen LogP contribution in [0.1, 0.15) is 30.9 Å². The summed E-state index contributed by atoms with van der Waals surface area (Å²) in [5.74, 6) is -3.31. The molecule has 0 fully saturated rings. The average Bonchev–Trinajstić information content (AvgIpc) is 2.87. The zero-order chi connectivity index (χ0) is 28.7. The number of carboxylic acid groups (broad SMARTS) is 1. The molecule has 2 N–H and O–H groups in total. The highest BCUT2D eigenvalue weighted by molar-refractivity contribution is 6.31. The maximum absolute atomic E-state index is 14.6. The number of anilines is 1. The Bertz CT molecular complexity index is 1450. The van der Waals surface area contributed by atoms with Gasteiger partial charge in [0.25, 0.3) is 5.91 Å². The lowest BCUT2D eigenvalue weighted by Gasteiger charge is -2.38. The molecule has 0 bridgehead atoms. The van der Waals surface area contributed by atoms with Crippen LogP contribution in [0.25, 0.3) is 11.1 Å². The Morgan fingerprint density at radius 2 is 1.79 bits per heavy atom. The first-order valence-electron chi connectivity index (χ1n) is 11.6. The first-order valence-corrected chi connectivity index (χ1v) is 12.0. The van der Waals surface area contributed by atoms with Gasteiger partial charge in [-0.25, -0.2) is 9.18 Å². The number of halogens is 5. The zero-order valence-electron chi connectivity index (χ0n) is 20.6. The molecule has 7 nitrogen and oxygen atoms in total. The smallest absolute Gasteiger partial charge is 0.482 e. The van der Waals surface area contributed by atoms with Gasteiger partial charge in [-0.2, -0.15) is 13.2 Å². The van der Waals surface area contributed by atoms with E-state index in [2.05, 4.69) is 4.74 Å². The van der Waals surface area contributed by atoms with Crippen molar-refractivity contribution in [3.05, 3.63) is 76.6 Å². The Morgan fingerprint density at radius 1 is 1.13 bits per heavy atom. The first-order chi connectivity index (χ1) is 18.3. The number of aliphatic hydroxyl groups is 1. The third-order valence-electron chi connectivity index (χ3n) is 6.65. The van der Waals surface area contributed by atoms with Crippen molar-refractivity contribution in [3.8, 4) is 22.6 Å². The molecule has 0 aromatic heterocycles. The van der Waals surface area contributed by atoms with E-state index in [1.165, 1.54) is 42.2 Å². The number of alkyl halides is 3. The molecule has 1 aliphatic heterocycles. The average molecular weight is 568 g/mol. The number of carbonyl (C=O) groups excluding carboxylic acids is 1. The van der Waals surface area contributed by atoms with Crippen LogP contribution in [0, 0.1) is 5.82 Å². The third-order valence-corrected chi connectivity index (χ3v) is 6.97. The van der Waals surface area contributed by atoms with Crippen LogP contribution in [-0.4, -0.2) is 41.6 Å². The summed E-state index contributed by atoms with van der Waals surface area (Å²) in [7, 11) is 0. The Hall–Kier alpha value is -3.83. The van der Waals surface area contributed by atoms with Gasteiger partial charge in [-0.15, -0.1) is 0 Å². The van der Waals surface area contributed by atoms with Crippen molar-refractivity contribution in [2.75, 3.05) is 18.1 Å². The van der Waals surface area contributed by atoms with E-state index in [0.717, 1.165) is 24.3 Å². The van der Waals surface area contributed by atoms with E-state index in [-0.39, 0.29) is 40.7 Å². The predicted octanol–water partition coefficient (Wildman–Crippen LogP) is 6.50. The molecule has 1 aliphatic rings. The van der Waals surface area contributed by atoms with E-state index in [9.17, 15) is 32.3 Å². The molecule has 2 atom stereocenters. The summed E-state index contributed by atoms with van der Waals surface area (Å²) >= 11 is 6.39. The standard InChI is InChI=1S/C27H22ClF4NO6/c1-3-33-21-12-17(6-9-23(21)38-13-24(33)34)26(37,27(30,31)32)14(2)18-7-4-15(10-19(18)28)16-5-8-22(20(29)11-16)39-25(35)36/h4-12,14,37H,3,13H2,1-2H3,(H,35,36). The molecule has 3 aromatic carbocycles. The molecule has 39 heavy (non-hydrogen) atoms. The minimum atomic E-state index is -5.15. The van der Waals surface area contributed by atoms with Crippen molar-refractivity contribution in [1.82, 2.24) is 0 Å². The number of carbonyl (C=O) groups is 2. The van der Waals surface area contributed by atoms with Gasteiger partial charge >= 0.3 is 12.3 Å². The molecule has 0 saturated carbocycles. The summed E-state index contributed by atoms with van der Waals surface area (Å²) in [4.78, 5) is 24.2. The number of fused-ring (bicyclic) bond motifs is 1. The summed E-state index contributed by atoms with van der Waals surface area (Å²) in [6.45, 7) is 2.78. The second-order valence-electron chi connectivity index (χ2n) is 8.84. The van der Waals surface area contributed by atoms with Gasteiger partial charge < -0.3 is 24.6 Å². The Balaban J connectivity index is 1.74. The number of nitrogens with zero attached hydrogens (tertiary/aromatic N) is 1. The summed E-state index contributed by atoms with van der Waals surface area (Å²) < 4.78 is 67.6. The topological polar surface area (TPSA) is 96.3 Å². The van der Waals surface area contributed by atoms with E-state index < -0.39 is 46.9 Å². The normalized spacial score (nSPS) is 15.7. The van der Waals surface area contributed by atoms with E-state index in [0.29, 0.717) is 5.56 Å². The Kier molecular flexibility index (Phi) is 7.50. The number of hydrogen-bond acceptors (Lipinski definition) is 5. The van der Waals surface area contributed by atoms with Crippen molar-refractivity contribution in [2.45, 2.75) is 31.5 Å². The van der Waals surface area contributed by atoms with E-state index >= 15 is 0 Å². The molecule has 3 aromatic rings. The van der Waals surface area contributed by atoms with Gasteiger partial charge in [0, 0.05) is 17.5 Å². The van der Waals surface area contributed by atoms with Gasteiger partial charge in [0.15, 0.2) is 23.8 Å². The molecule has 12 heteroatoms. The van der Waals surface area contributed by atoms with Gasteiger partial charge in [-0.05, 0) is 59.5 Å². The monoisotopic (exact) mass is 567 g/mol. The third kappa shape index (κ3) is 5.11. The van der Waals surface area contributed by atoms with Gasteiger partial charge in [0.2, 0.25) is 0 Å². The number of amides is 1. The lowest BCUT2D eigenvalue weighted by atomic mass is 9.77. The molecule has 2 unspecified atom stereocenters. The zero-order valence-corrected chi connectivity index (χ0v) is 21.3. The van der Waals surface area contributed by atoms with Crippen LogP contribution in [0.3, 0.4) is 0 Å². The van der Waals surface area contributed by atoms with Crippen LogP contribution in [0.2, 0.25) is 5.02 Å². The summed E-state index contributed by atoms with van der Waals surface area (Å²) in [5, 5.41) is 19.8. The highest BCUT2D eigenvalue weighted by Gasteiger charge is 2.59. The minimum absolute atomic E-state index is 0.0380. The van der Waals surface area contributed by atoms with Crippen LogP contribution >= 0.6 is 11.6 Å². The lowest BCUT2D eigenvalue weighted by molar-refractivity contribution is -0.274. The fourth-order valence-corrected chi connectivity index (χ4v) is 4.93. The van der Waals surface area contributed by atoms with Crippen molar-refractivity contribution in [1.29, 1.82) is 0 Å². The number of hydrogen-bond donors (Lipinski definition) is 2. The van der Waals surface area contributed by atoms with Crippen molar-refractivity contribution in [2.24, 2.45) is 0 Å². The quantitative estimate of drug-likeness (QED) is 0.200. The van der Waals surface area contributed by atoms with Crippen LogP contribution < -0.4 is 14.4 Å². The van der Waals surface area contributed by atoms with Crippen molar-refractivity contribution >= 4 is 29.4 Å². The van der Waals surface area contributed by atoms with Crippen LogP contribution in [0.15, 0.2) is 54.6 Å². The molecule has 1 heterocycles. The molecule has 1 amide bonds. The first kappa shape index (κ1) is 28.2. The lowest BCUT2D eigenvalue weighted by Crippen LogP contribution is -2.47. The highest BCUT2D eigenvalue weighted by Crippen LogP contribution is 2.51. The van der Waals surface area contributed by atoms with Gasteiger partial charge in [0.1, 0.15) is 5.75 Å². The molecular formula is C27H22ClF4NO6.